The first kappa shape index (κ1) is 28.4. The molecule has 0 aliphatic rings. The second kappa shape index (κ2) is 11.5. The molecule has 1 heterocycles. The van der Waals surface area contributed by atoms with Gasteiger partial charge < -0.3 is 9.32 Å². The first-order chi connectivity index (χ1) is 24.8. The summed E-state index contributed by atoms with van der Waals surface area (Å²) < 4.78 is 6.77. The van der Waals surface area contributed by atoms with E-state index in [2.05, 4.69) is 187 Å². The van der Waals surface area contributed by atoms with Crippen LogP contribution in [0.4, 0.5) is 17.1 Å². The van der Waals surface area contributed by atoms with E-state index in [1.807, 2.05) is 6.07 Å². The van der Waals surface area contributed by atoms with Gasteiger partial charge in [0.25, 0.3) is 0 Å². The summed E-state index contributed by atoms with van der Waals surface area (Å²) >= 11 is 0. The summed E-state index contributed by atoms with van der Waals surface area (Å²) in [6.45, 7) is 0. The van der Waals surface area contributed by atoms with Crippen LogP contribution in [0.15, 0.2) is 192 Å². The molecule has 0 N–H and O–H groups in total. The Balaban J connectivity index is 1.19. The molecular formula is C48H31NO. The van der Waals surface area contributed by atoms with Crippen LogP contribution in [0.25, 0.3) is 76.5 Å². The molecule has 2 nitrogen and oxygen atoms in total. The minimum Gasteiger partial charge on any atom is -0.455 e. The summed E-state index contributed by atoms with van der Waals surface area (Å²) in [5.74, 6) is 0. The number of fused-ring (bicyclic) bond motifs is 6. The van der Waals surface area contributed by atoms with Gasteiger partial charge >= 0.3 is 0 Å². The van der Waals surface area contributed by atoms with Crippen LogP contribution in [0.2, 0.25) is 0 Å². The molecule has 234 valence electrons. The Labute approximate surface area is 290 Å². The van der Waals surface area contributed by atoms with E-state index in [4.69, 9.17) is 4.42 Å². The van der Waals surface area contributed by atoms with Crippen molar-refractivity contribution in [3.05, 3.63) is 188 Å². The lowest BCUT2D eigenvalue weighted by molar-refractivity contribution is 0.670. The van der Waals surface area contributed by atoms with E-state index >= 15 is 0 Å². The number of anilines is 3. The Morgan fingerprint density at radius 1 is 0.360 bits per heavy atom. The zero-order valence-electron chi connectivity index (χ0n) is 27.3. The van der Waals surface area contributed by atoms with Crippen LogP contribution in [-0.2, 0) is 0 Å². The Morgan fingerprint density at radius 3 is 1.58 bits per heavy atom. The minimum atomic E-state index is 0.877. The van der Waals surface area contributed by atoms with Crippen molar-refractivity contribution in [1.82, 2.24) is 0 Å². The van der Waals surface area contributed by atoms with Gasteiger partial charge in [-0.05, 0) is 104 Å². The molecule has 10 rings (SSSR count). The monoisotopic (exact) mass is 637 g/mol. The molecule has 2 heteroatoms. The Morgan fingerprint density at radius 2 is 0.880 bits per heavy atom. The van der Waals surface area contributed by atoms with Gasteiger partial charge in [0.15, 0.2) is 0 Å². The Hall–Kier alpha value is -6.64. The molecule has 0 saturated carbocycles. The van der Waals surface area contributed by atoms with Gasteiger partial charge in [-0.3, -0.25) is 0 Å². The number of hydrogen-bond acceptors (Lipinski definition) is 2. The molecule has 0 unspecified atom stereocenters. The van der Waals surface area contributed by atoms with Crippen molar-refractivity contribution in [2.75, 3.05) is 4.90 Å². The zero-order chi connectivity index (χ0) is 33.0. The van der Waals surface area contributed by atoms with Crippen LogP contribution in [0.1, 0.15) is 0 Å². The minimum absolute atomic E-state index is 0.877. The number of nitrogens with zero attached hydrogens (tertiary/aromatic N) is 1. The van der Waals surface area contributed by atoms with Crippen molar-refractivity contribution >= 4 is 71.3 Å². The third-order valence-electron chi connectivity index (χ3n) is 10.0. The van der Waals surface area contributed by atoms with E-state index in [-0.39, 0.29) is 0 Å². The van der Waals surface area contributed by atoms with E-state index in [1.54, 1.807) is 0 Å². The maximum Gasteiger partial charge on any atom is 0.145 e. The maximum absolute atomic E-state index is 6.77. The van der Waals surface area contributed by atoms with Crippen molar-refractivity contribution in [2.24, 2.45) is 0 Å². The largest absolute Gasteiger partial charge is 0.455 e. The van der Waals surface area contributed by atoms with Crippen molar-refractivity contribution in [2.45, 2.75) is 0 Å². The second-order valence-electron chi connectivity index (χ2n) is 13.0. The topological polar surface area (TPSA) is 16.4 Å². The lowest BCUT2D eigenvalue weighted by Gasteiger charge is -2.27. The predicted octanol–water partition coefficient (Wildman–Crippen LogP) is 13.8. The molecule has 1 aromatic heterocycles. The highest BCUT2D eigenvalue weighted by atomic mass is 16.3. The first-order valence-electron chi connectivity index (χ1n) is 17.1. The van der Waals surface area contributed by atoms with Crippen molar-refractivity contribution in [3.63, 3.8) is 0 Å². The molecule has 0 bridgehead atoms. The fourth-order valence-corrected chi connectivity index (χ4v) is 7.50. The van der Waals surface area contributed by atoms with E-state index < -0.39 is 0 Å². The molecule has 0 atom stereocenters. The normalized spacial score (nSPS) is 11.6. The number of para-hydroxylation sites is 1. The Kier molecular flexibility index (Phi) is 6.53. The molecule has 10 aromatic rings. The van der Waals surface area contributed by atoms with Gasteiger partial charge in [0.1, 0.15) is 11.2 Å². The van der Waals surface area contributed by atoms with Crippen LogP contribution in [0.3, 0.4) is 0 Å². The zero-order valence-corrected chi connectivity index (χ0v) is 27.3. The molecule has 0 amide bonds. The molecule has 0 aliphatic heterocycles. The molecule has 50 heavy (non-hydrogen) atoms. The van der Waals surface area contributed by atoms with E-state index in [9.17, 15) is 0 Å². The number of benzene rings is 9. The average Bonchev–Trinajstić information content (AvgIpc) is 3.58. The highest BCUT2D eigenvalue weighted by Gasteiger charge is 2.22. The summed E-state index contributed by atoms with van der Waals surface area (Å²) in [4.78, 5) is 2.38. The van der Waals surface area contributed by atoms with Crippen molar-refractivity contribution < 1.29 is 4.42 Å². The molecular weight excluding hydrogens is 607 g/mol. The molecule has 0 fully saturated rings. The van der Waals surface area contributed by atoms with Gasteiger partial charge in [-0.1, -0.05) is 133 Å². The standard InChI is InChI=1S/C48H31NO/c1-4-12-36-29-39(19-17-32(36)9-1)35-21-24-41(25-22-35)49(42-26-23-34-11-3-6-14-38(34)31-42)45-28-27-43(40-20-18-33-10-2-5-13-37(33)30-40)48-47(45)44-15-7-8-16-46(44)50-48/h1-31H. The SMILES string of the molecule is c1ccc2cc(-c3ccc(N(c4ccc5ccccc5c4)c4ccc(-c5ccc6ccccc6c5)c5oc6ccccc6c45)cc3)ccc2c1. The fraction of sp³-hybridized carbons (Fsp3) is 0. The highest BCUT2D eigenvalue weighted by Crippen LogP contribution is 2.47. The molecule has 0 spiro atoms. The second-order valence-corrected chi connectivity index (χ2v) is 13.0. The van der Waals surface area contributed by atoms with Crippen LogP contribution in [0, 0.1) is 0 Å². The number of hydrogen-bond donors (Lipinski definition) is 0. The number of furan rings is 1. The lowest BCUT2D eigenvalue weighted by Crippen LogP contribution is -2.10. The van der Waals surface area contributed by atoms with Gasteiger partial charge in [0.2, 0.25) is 0 Å². The fourth-order valence-electron chi connectivity index (χ4n) is 7.50. The third kappa shape index (κ3) is 4.73. The molecule has 9 aromatic carbocycles. The number of rotatable bonds is 5. The third-order valence-corrected chi connectivity index (χ3v) is 10.0. The van der Waals surface area contributed by atoms with Crippen molar-refractivity contribution in [1.29, 1.82) is 0 Å². The first-order valence-corrected chi connectivity index (χ1v) is 17.1. The van der Waals surface area contributed by atoms with Crippen molar-refractivity contribution in [3.8, 4) is 22.3 Å². The highest BCUT2D eigenvalue weighted by molar-refractivity contribution is 6.17. The van der Waals surface area contributed by atoms with Gasteiger partial charge in [-0.2, -0.15) is 0 Å². The quantitative estimate of drug-likeness (QED) is 0.187. The predicted molar refractivity (Wildman–Crippen MR) is 212 cm³/mol. The van der Waals surface area contributed by atoms with Crippen LogP contribution >= 0.6 is 0 Å². The lowest BCUT2D eigenvalue weighted by atomic mass is 9.97. The van der Waals surface area contributed by atoms with Gasteiger partial charge in [-0.15, -0.1) is 0 Å². The van der Waals surface area contributed by atoms with Gasteiger partial charge in [-0.25, -0.2) is 0 Å². The van der Waals surface area contributed by atoms with Gasteiger partial charge in [0.05, 0.1) is 11.1 Å². The summed E-state index contributed by atoms with van der Waals surface area (Å²) in [5.41, 5.74) is 9.61. The average molecular weight is 638 g/mol. The summed E-state index contributed by atoms with van der Waals surface area (Å²) in [5, 5.41) is 9.53. The molecule has 0 radical (unpaired) electrons. The van der Waals surface area contributed by atoms with Crippen LogP contribution in [-0.4, -0.2) is 0 Å². The smallest absolute Gasteiger partial charge is 0.145 e. The van der Waals surface area contributed by atoms with E-state index in [0.29, 0.717) is 0 Å². The summed E-state index contributed by atoms with van der Waals surface area (Å²) in [7, 11) is 0. The molecule has 0 aliphatic carbocycles. The van der Waals surface area contributed by atoms with Crippen LogP contribution in [0.5, 0.6) is 0 Å². The summed E-state index contributed by atoms with van der Waals surface area (Å²) in [6.07, 6.45) is 0. The van der Waals surface area contributed by atoms with E-state index in [1.165, 1.54) is 43.4 Å². The van der Waals surface area contributed by atoms with Crippen LogP contribution < -0.4 is 4.90 Å². The maximum atomic E-state index is 6.77. The van der Waals surface area contributed by atoms with Gasteiger partial charge in [0, 0.05) is 22.3 Å². The molecule has 0 saturated heterocycles. The Bertz CT molecular complexity index is 2880. The van der Waals surface area contributed by atoms with E-state index in [0.717, 1.165) is 50.1 Å². The summed E-state index contributed by atoms with van der Waals surface area (Å²) in [6, 6.07) is 67.5.